The molecule has 7 nitrogen and oxygen atoms in total. The molecular formula is C22H24FN5O2S. The number of nitrogens with zero attached hydrogens (tertiary/aromatic N) is 3. The summed E-state index contributed by atoms with van der Waals surface area (Å²) in [5, 5.41) is 14.4. The van der Waals surface area contributed by atoms with Crippen LogP contribution in [0.1, 0.15) is 40.3 Å². The van der Waals surface area contributed by atoms with Crippen molar-refractivity contribution in [2.75, 3.05) is 11.1 Å². The number of nitrogens with one attached hydrogen (secondary N) is 2. The summed E-state index contributed by atoms with van der Waals surface area (Å²) >= 11 is 1.25. The fourth-order valence-electron chi connectivity index (χ4n) is 3.00. The third-order valence-corrected chi connectivity index (χ3v) is 5.74. The van der Waals surface area contributed by atoms with E-state index >= 15 is 0 Å². The molecule has 0 saturated heterocycles. The van der Waals surface area contributed by atoms with E-state index in [1.165, 1.54) is 30.0 Å². The van der Waals surface area contributed by atoms with E-state index in [4.69, 9.17) is 0 Å². The number of hydrogen-bond donors (Lipinski definition) is 2. The minimum atomic E-state index is -0.587. The van der Waals surface area contributed by atoms with E-state index in [2.05, 4.69) is 20.8 Å². The van der Waals surface area contributed by atoms with Gasteiger partial charge in [-0.1, -0.05) is 36.0 Å². The second-order valence-corrected chi connectivity index (χ2v) is 8.17. The van der Waals surface area contributed by atoms with Crippen LogP contribution in [0.3, 0.4) is 0 Å². The summed E-state index contributed by atoms with van der Waals surface area (Å²) in [6, 6.07) is 11.2. The molecule has 3 aromatic rings. The van der Waals surface area contributed by atoms with E-state index < -0.39 is 17.8 Å². The average Bonchev–Trinajstić information content (AvgIpc) is 3.10. The number of halogens is 1. The number of carbonyl (C=O) groups is 2. The van der Waals surface area contributed by atoms with Crippen LogP contribution in [-0.4, -0.2) is 32.3 Å². The number of thioether (sulfide) groups is 1. The maximum absolute atomic E-state index is 13.8. The van der Waals surface area contributed by atoms with Gasteiger partial charge in [0.15, 0.2) is 11.0 Å². The molecule has 0 bridgehead atoms. The normalized spacial score (nSPS) is 11.8. The summed E-state index contributed by atoms with van der Waals surface area (Å²) in [4.78, 5) is 24.7. The Hall–Kier alpha value is -3.20. The van der Waals surface area contributed by atoms with Crippen LogP contribution in [0, 0.1) is 19.7 Å². The summed E-state index contributed by atoms with van der Waals surface area (Å²) in [5.74, 6) is -0.603. The molecule has 0 radical (unpaired) electrons. The van der Waals surface area contributed by atoms with Crippen molar-refractivity contribution in [3.8, 4) is 0 Å². The summed E-state index contributed by atoms with van der Waals surface area (Å²) in [6.07, 6.45) is 0. The van der Waals surface area contributed by atoms with E-state index in [1.807, 2.05) is 32.0 Å². The first-order valence-corrected chi connectivity index (χ1v) is 10.7. The fraction of sp³-hybridized carbons (Fsp3) is 0.273. The molecule has 2 amide bonds. The molecule has 0 aliphatic rings. The molecule has 1 heterocycles. The number of aryl methyl sites for hydroxylation is 2. The molecule has 3 rings (SSSR count). The standard InChI is InChI=1S/C22H24FN5O2S/c1-13-9-10-14(2)18(11-13)25-19(29)12-31-22-27-26-20(28(22)4)15(3)24-21(30)16-7-5-6-8-17(16)23/h5-11,15H,12H2,1-4H3,(H,24,30)(H,25,29). The Labute approximate surface area is 184 Å². The lowest BCUT2D eigenvalue weighted by molar-refractivity contribution is -0.113. The minimum Gasteiger partial charge on any atom is -0.342 e. The molecule has 2 aromatic carbocycles. The lowest BCUT2D eigenvalue weighted by atomic mass is 10.1. The molecule has 31 heavy (non-hydrogen) atoms. The van der Waals surface area contributed by atoms with Gasteiger partial charge < -0.3 is 15.2 Å². The average molecular weight is 442 g/mol. The Kier molecular flexibility index (Phi) is 7.06. The van der Waals surface area contributed by atoms with Gasteiger partial charge in [0, 0.05) is 12.7 Å². The zero-order valence-electron chi connectivity index (χ0n) is 17.8. The zero-order valence-corrected chi connectivity index (χ0v) is 18.6. The topological polar surface area (TPSA) is 88.9 Å². The number of aromatic nitrogens is 3. The number of rotatable bonds is 7. The van der Waals surface area contributed by atoms with Crippen LogP contribution in [0.4, 0.5) is 10.1 Å². The molecule has 162 valence electrons. The molecule has 9 heteroatoms. The smallest absolute Gasteiger partial charge is 0.254 e. The molecule has 0 aliphatic carbocycles. The number of hydrogen-bond acceptors (Lipinski definition) is 5. The van der Waals surface area contributed by atoms with Gasteiger partial charge in [0.05, 0.1) is 17.4 Å². The molecule has 1 aromatic heterocycles. The summed E-state index contributed by atoms with van der Waals surface area (Å²) in [6.45, 7) is 5.65. The van der Waals surface area contributed by atoms with Crippen molar-refractivity contribution in [1.29, 1.82) is 0 Å². The van der Waals surface area contributed by atoms with E-state index in [-0.39, 0.29) is 17.2 Å². The maximum Gasteiger partial charge on any atom is 0.254 e. The van der Waals surface area contributed by atoms with Crippen molar-refractivity contribution in [3.05, 3.63) is 70.8 Å². The Bertz CT molecular complexity index is 1120. The Morgan fingerprint density at radius 3 is 2.65 bits per heavy atom. The first kappa shape index (κ1) is 22.5. The van der Waals surface area contributed by atoms with Gasteiger partial charge >= 0.3 is 0 Å². The number of carbonyl (C=O) groups excluding carboxylic acids is 2. The minimum absolute atomic E-state index is 0.0331. The molecule has 0 fully saturated rings. The van der Waals surface area contributed by atoms with Crippen LogP contribution in [0.5, 0.6) is 0 Å². The summed E-state index contributed by atoms with van der Waals surface area (Å²) in [7, 11) is 1.76. The molecular weight excluding hydrogens is 417 g/mol. The Morgan fingerprint density at radius 2 is 1.90 bits per heavy atom. The largest absolute Gasteiger partial charge is 0.342 e. The first-order chi connectivity index (χ1) is 14.8. The monoisotopic (exact) mass is 441 g/mol. The van der Waals surface area contributed by atoms with Crippen LogP contribution >= 0.6 is 11.8 Å². The van der Waals surface area contributed by atoms with E-state index in [1.54, 1.807) is 24.6 Å². The third-order valence-electron chi connectivity index (χ3n) is 4.72. The van der Waals surface area contributed by atoms with E-state index in [9.17, 15) is 14.0 Å². The summed E-state index contributed by atoms with van der Waals surface area (Å²) < 4.78 is 15.5. The van der Waals surface area contributed by atoms with Crippen LogP contribution in [0.15, 0.2) is 47.6 Å². The van der Waals surface area contributed by atoms with Crippen LogP contribution in [0.25, 0.3) is 0 Å². The highest BCUT2D eigenvalue weighted by Gasteiger charge is 2.20. The predicted molar refractivity (Wildman–Crippen MR) is 119 cm³/mol. The van der Waals surface area contributed by atoms with Crippen molar-refractivity contribution < 1.29 is 14.0 Å². The molecule has 1 atom stereocenters. The quantitative estimate of drug-likeness (QED) is 0.545. The van der Waals surface area contributed by atoms with Gasteiger partial charge in [-0.3, -0.25) is 9.59 Å². The van der Waals surface area contributed by atoms with Crippen molar-refractivity contribution in [2.24, 2.45) is 7.05 Å². The SMILES string of the molecule is Cc1ccc(C)c(NC(=O)CSc2nnc(C(C)NC(=O)c3ccccc3F)n2C)c1. The van der Waals surface area contributed by atoms with Gasteiger partial charge in [-0.2, -0.15) is 0 Å². The van der Waals surface area contributed by atoms with E-state index in [0.717, 1.165) is 16.8 Å². The summed E-state index contributed by atoms with van der Waals surface area (Å²) in [5.41, 5.74) is 2.81. The lowest BCUT2D eigenvalue weighted by Gasteiger charge is -2.14. The van der Waals surface area contributed by atoms with Crippen LogP contribution in [0.2, 0.25) is 0 Å². The first-order valence-electron chi connectivity index (χ1n) is 9.71. The van der Waals surface area contributed by atoms with Crippen LogP contribution < -0.4 is 10.6 Å². The third kappa shape index (κ3) is 5.49. The van der Waals surface area contributed by atoms with Crippen molar-refractivity contribution in [3.63, 3.8) is 0 Å². The zero-order chi connectivity index (χ0) is 22.5. The second kappa shape index (κ2) is 9.74. The van der Waals surface area contributed by atoms with Crippen molar-refractivity contribution in [2.45, 2.75) is 32.0 Å². The molecule has 0 saturated carbocycles. The highest BCUT2D eigenvalue weighted by molar-refractivity contribution is 7.99. The number of anilines is 1. The van der Waals surface area contributed by atoms with Gasteiger partial charge in [0.25, 0.3) is 5.91 Å². The number of amides is 2. The number of benzene rings is 2. The van der Waals surface area contributed by atoms with Gasteiger partial charge in [0.2, 0.25) is 5.91 Å². The van der Waals surface area contributed by atoms with Crippen LogP contribution in [-0.2, 0) is 11.8 Å². The fourth-order valence-corrected chi connectivity index (χ4v) is 3.72. The maximum atomic E-state index is 13.8. The molecule has 0 spiro atoms. The Morgan fingerprint density at radius 1 is 1.16 bits per heavy atom. The van der Waals surface area contributed by atoms with E-state index in [0.29, 0.717) is 11.0 Å². The van der Waals surface area contributed by atoms with Gasteiger partial charge in [-0.25, -0.2) is 4.39 Å². The molecule has 2 N–H and O–H groups in total. The van der Waals surface area contributed by atoms with Crippen molar-refractivity contribution >= 4 is 29.3 Å². The second-order valence-electron chi connectivity index (χ2n) is 7.23. The lowest BCUT2D eigenvalue weighted by Crippen LogP contribution is -2.29. The van der Waals surface area contributed by atoms with Gasteiger partial charge in [0.1, 0.15) is 5.82 Å². The van der Waals surface area contributed by atoms with Gasteiger partial charge in [-0.05, 0) is 50.1 Å². The molecule has 0 aliphatic heterocycles. The predicted octanol–water partition coefficient (Wildman–Crippen LogP) is 3.79. The van der Waals surface area contributed by atoms with Gasteiger partial charge in [-0.15, -0.1) is 10.2 Å². The molecule has 1 unspecified atom stereocenters. The highest BCUT2D eigenvalue weighted by Crippen LogP contribution is 2.21. The Balaban J connectivity index is 1.60. The highest BCUT2D eigenvalue weighted by atomic mass is 32.2. The van der Waals surface area contributed by atoms with Crippen molar-refractivity contribution in [1.82, 2.24) is 20.1 Å².